The van der Waals surface area contributed by atoms with Crippen molar-refractivity contribution >= 4 is 16.7 Å². The summed E-state index contributed by atoms with van der Waals surface area (Å²) in [5, 5.41) is 1.02. The van der Waals surface area contributed by atoms with Crippen molar-refractivity contribution in [3.63, 3.8) is 0 Å². The SMILES string of the molecule is Cc1[nH]c2ccccc2c1C(=O)[C@@H](C)N1C[C@@H](C)O[C@H](C)C1. The summed E-state index contributed by atoms with van der Waals surface area (Å²) in [6.45, 7) is 9.73. The molecule has 3 atom stereocenters. The van der Waals surface area contributed by atoms with Crippen LogP contribution in [-0.4, -0.2) is 47.0 Å². The van der Waals surface area contributed by atoms with E-state index in [0.29, 0.717) is 0 Å². The van der Waals surface area contributed by atoms with E-state index in [1.165, 1.54) is 0 Å². The molecule has 1 saturated heterocycles. The number of fused-ring (bicyclic) bond motifs is 1. The summed E-state index contributed by atoms with van der Waals surface area (Å²) in [5.41, 5.74) is 2.81. The van der Waals surface area contributed by atoms with Gasteiger partial charge in [-0.05, 0) is 33.8 Å². The fourth-order valence-corrected chi connectivity index (χ4v) is 3.50. The molecule has 0 spiro atoms. The molecule has 0 aliphatic carbocycles. The summed E-state index contributed by atoms with van der Waals surface area (Å²) in [4.78, 5) is 18.6. The summed E-state index contributed by atoms with van der Waals surface area (Å²) in [7, 11) is 0. The third-order valence-corrected chi connectivity index (χ3v) is 4.51. The van der Waals surface area contributed by atoms with Crippen LogP contribution >= 0.6 is 0 Å². The van der Waals surface area contributed by atoms with Gasteiger partial charge in [0.2, 0.25) is 0 Å². The molecule has 1 N–H and O–H groups in total. The second-order valence-electron chi connectivity index (χ2n) is 6.42. The molecule has 4 heteroatoms. The van der Waals surface area contributed by atoms with E-state index in [1.54, 1.807) is 0 Å². The minimum absolute atomic E-state index is 0.133. The van der Waals surface area contributed by atoms with Gasteiger partial charge >= 0.3 is 0 Å². The van der Waals surface area contributed by atoms with Crippen molar-refractivity contribution in [2.24, 2.45) is 0 Å². The molecule has 1 fully saturated rings. The number of aryl methyl sites for hydroxylation is 1. The fourth-order valence-electron chi connectivity index (χ4n) is 3.50. The molecule has 1 aliphatic rings. The zero-order chi connectivity index (χ0) is 15.9. The highest BCUT2D eigenvalue weighted by Gasteiger charge is 2.31. The molecular weight excluding hydrogens is 276 g/mol. The van der Waals surface area contributed by atoms with Crippen molar-refractivity contribution in [2.75, 3.05) is 13.1 Å². The number of morpholine rings is 1. The number of ketones is 1. The Bertz CT molecular complexity index is 681. The van der Waals surface area contributed by atoms with Gasteiger partial charge in [0.15, 0.2) is 5.78 Å². The quantitative estimate of drug-likeness (QED) is 0.886. The van der Waals surface area contributed by atoms with Crippen molar-refractivity contribution in [3.8, 4) is 0 Å². The number of nitrogens with zero attached hydrogens (tertiary/aromatic N) is 1. The molecule has 3 rings (SSSR count). The van der Waals surface area contributed by atoms with Gasteiger partial charge in [-0.3, -0.25) is 9.69 Å². The highest BCUT2D eigenvalue weighted by Crippen LogP contribution is 2.25. The summed E-state index contributed by atoms with van der Waals surface area (Å²) in [6.07, 6.45) is 0.339. The standard InChI is InChI=1S/C18H24N2O2/c1-11-9-20(10-12(2)22-11)14(4)18(21)17-13(3)19-16-8-6-5-7-15(16)17/h5-8,11-12,14,19H,9-10H2,1-4H3/t11-,12-,14-/m1/s1. The van der Waals surface area contributed by atoms with Crippen LogP contribution in [0.3, 0.4) is 0 Å². The topological polar surface area (TPSA) is 45.3 Å². The predicted molar refractivity (Wildman–Crippen MR) is 88.4 cm³/mol. The second kappa shape index (κ2) is 5.86. The first-order valence-corrected chi connectivity index (χ1v) is 7.98. The van der Waals surface area contributed by atoms with E-state index >= 15 is 0 Å². The molecule has 0 saturated carbocycles. The third kappa shape index (κ3) is 2.69. The molecule has 1 aromatic heterocycles. The van der Waals surface area contributed by atoms with Gasteiger partial charge < -0.3 is 9.72 Å². The normalized spacial score (nSPS) is 24.5. The van der Waals surface area contributed by atoms with Crippen LogP contribution in [-0.2, 0) is 4.74 Å². The second-order valence-corrected chi connectivity index (χ2v) is 6.42. The van der Waals surface area contributed by atoms with Crippen LogP contribution in [0.5, 0.6) is 0 Å². The Labute approximate surface area is 131 Å². The van der Waals surface area contributed by atoms with Crippen LogP contribution < -0.4 is 0 Å². The Morgan fingerprint density at radius 1 is 1.27 bits per heavy atom. The number of aromatic amines is 1. The molecule has 22 heavy (non-hydrogen) atoms. The van der Waals surface area contributed by atoms with E-state index in [-0.39, 0.29) is 24.0 Å². The minimum atomic E-state index is -0.133. The van der Waals surface area contributed by atoms with Gasteiger partial charge in [0.1, 0.15) is 0 Å². The number of H-pyrrole nitrogens is 1. The van der Waals surface area contributed by atoms with Crippen LogP contribution in [0.2, 0.25) is 0 Å². The van der Waals surface area contributed by atoms with Crippen molar-refractivity contribution < 1.29 is 9.53 Å². The number of hydrogen-bond donors (Lipinski definition) is 1. The number of benzene rings is 1. The molecule has 118 valence electrons. The molecular formula is C18H24N2O2. The molecule has 1 aromatic carbocycles. The Morgan fingerprint density at radius 2 is 1.91 bits per heavy atom. The van der Waals surface area contributed by atoms with Crippen molar-refractivity contribution in [2.45, 2.75) is 45.9 Å². The van der Waals surface area contributed by atoms with E-state index < -0.39 is 0 Å². The summed E-state index contributed by atoms with van der Waals surface area (Å²) < 4.78 is 5.77. The maximum atomic E-state index is 13.1. The van der Waals surface area contributed by atoms with Crippen LogP contribution in [0.4, 0.5) is 0 Å². The number of hydrogen-bond acceptors (Lipinski definition) is 3. The molecule has 0 unspecified atom stereocenters. The summed E-state index contributed by atoms with van der Waals surface area (Å²) in [6, 6.07) is 7.87. The Morgan fingerprint density at radius 3 is 2.59 bits per heavy atom. The predicted octanol–water partition coefficient (Wildman–Crippen LogP) is 3.16. The molecule has 2 heterocycles. The maximum absolute atomic E-state index is 13.1. The lowest BCUT2D eigenvalue weighted by Crippen LogP contribution is -2.51. The number of aromatic nitrogens is 1. The first-order chi connectivity index (χ1) is 10.5. The molecule has 0 amide bonds. The van der Waals surface area contributed by atoms with E-state index in [9.17, 15) is 4.79 Å². The number of para-hydroxylation sites is 1. The van der Waals surface area contributed by atoms with E-state index in [0.717, 1.165) is 35.2 Å². The lowest BCUT2D eigenvalue weighted by atomic mass is 10.00. The van der Waals surface area contributed by atoms with Gasteiger partial charge in [0.25, 0.3) is 0 Å². The molecule has 0 bridgehead atoms. The van der Waals surface area contributed by atoms with Gasteiger partial charge in [0.05, 0.1) is 18.2 Å². The largest absolute Gasteiger partial charge is 0.373 e. The van der Waals surface area contributed by atoms with Gasteiger partial charge in [-0.15, -0.1) is 0 Å². The summed E-state index contributed by atoms with van der Waals surface area (Å²) in [5.74, 6) is 0.191. The van der Waals surface area contributed by atoms with Crippen LogP contribution in [0, 0.1) is 6.92 Å². The third-order valence-electron chi connectivity index (χ3n) is 4.51. The Kier molecular flexibility index (Phi) is 4.06. The van der Waals surface area contributed by atoms with Crippen LogP contribution in [0.25, 0.3) is 10.9 Å². The maximum Gasteiger partial charge on any atom is 0.182 e. The highest BCUT2D eigenvalue weighted by molar-refractivity contribution is 6.11. The highest BCUT2D eigenvalue weighted by atomic mass is 16.5. The minimum Gasteiger partial charge on any atom is -0.373 e. The average molecular weight is 300 g/mol. The number of rotatable bonds is 3. The molecule has 2 aromatic rings. The Hall–Kier alpha value is -1.65. The van der Waals surface area contributed by atoms with Gasteiger partial charge in [-0.1, -0.05) is 18.2 Å². The van der Waals surface area contributed by atoms with Crippen molar-refractivity contribution in [1.29, 1.82) is 0 Å². The van der Waals surface area contributed by atoms with Gasteiger partial charge in [0, 0.05) is 35.2 Å². The fraction of sp³-hybridized carbons (Fsp3) is 0.500. The molecule has 1 aliphatic heterocycles. The average Bonchev–Trinajstić information content (AvgIpc) is 2.80. The number of Topliss-reactive ketones (excluding diaryl/α,β-unsaturated/α-hetero) is 1. The van der Waals surface area contributed by atoms with E-state index in [2.05, 4.69) is 23.7 Å². The van der Waals surface area contributed by atoms with Crippen molar-refractivity contribution in [1.82, 2.24) is 9.88 Å². The van der Waals surface area contributed by atoms with Crippen LogP contribution in [0.15, 0.2) is 24.3 Å². The lowest BCUT2D eigenvalue weighted by Gasteiger charge is -2.38. The van der Waals surface area contributed by atoms with Crippen LogP contribution in [0.1, 0.15) is 36.8 Å². The van der Waals surface area contributed by atoms with Gasteiger partial charge in [-0.2, -0.15) is 0 Å². The Balaban J connectivity index is 1.90. The number of carbonyl (C=O) groups excluding carboxylic acids is 1. The smallest absolute Gasteiger partial charge is 0.182 e. The number of nitrogens with one attached hydrogen (secondary N) is 1. The number of carbonyl (C=O) groups is 1. The first kappa shape index (κ1) is 15.3. The van der Waals surface area contributed by atoms with Crippen molar-refractivity contribution in [3.05, 3.63) is 35.5 Å². The first-order valence-electron chi connectivity index (χ1n) is 7.98. The molecule has 0 radical (unpaired) electrons. The summed E-state index contributed by atoms with van der Waals surface area (Å²) >= 11 is 0. The van der Waals surface area contributed by atoms with Gasteiger partial charge in [-0.25, -0.2) is 0 Å². The van der Waals surface area contributed by atoms with E-state index in [1.807, 2.05) is 38.1 Å². The monoisotopic (exact) mass is 300 g/mol. The van der Waals surface area contributed by atoms with E-state index in [4.69, 9.17) is 4.74 Å². The molecule has 4 nitrogen and oxygen atoms in total. The zero-order valence-corrected chi connectivity index (χ0v) is 13.7. The zero-order valence-electron chi connectivity index (χ0n) is 13.7. The lowest BCUT2D eigenvalue weighted by molar-refractivity contribution is -0.0744. The number of ether oxygens (including phenoxy) is 1.